The zero-order valence-electron chi connectivity index (χ0n) is 13.4. The van der Waals surface area contributed by atoms with E-state index in [1.165, 1.54) is 0 Å². The van der Waals surface area contributed by atoms with Crippen LogP contribution in [0.25, 0.3) is 5.57 Å². The fourth-order valence-corrected chi connectivity index (χ4v) is 3.28. The average Bonchev–Trinajstić information content (AvgIpc) is 3.15. The van der Waals surface area contributed by atoms with Gasteiger partial charge in [0.25, 0.3) is 5.91 Å². The Kier molecular flexibility index (Phi) is 5.48. The van der Waals surface area contributed by atoms with Gasteiger partial charge in [-0.1, -0.05) is 46.3 Å². The van der Waals surface area contributed by atoms with Crippen LogP contribution < -0.4 is 0 Å². The van der Waals surface area contributed by atoms with Crippen LogP contribution in [0, 0.1) is 0 Å². The van der Waals surface area contributed by atoms with E-state index in [2.05, 4.69) is 15.9 Å². The number of amides is 1. The predicted octanol–water partition coefficient (Wildman–Crippen LogP) is 4.11. The molecule has 0 spiro atoms. The molecule has 3 rings (SSSR count). The summed E-state index contributed by atoms with van der Waals surface area (Å²) < 4.78 is 1.01. The van der Waals surface area contributed by atoms with Gasteiger partial charge < -0.3 is 10.0 Å². The summed E-state index contributed by atoms with van der Waals surface area (Å²) in [5, 5.41) is 9.35. The van der Waals surface area contributed by atoms with Gasteiger partial charge in [-0.25, -0.2) is 0 Å². The van der Waals surface area contributed by atoms with Crippen LogP contribution in [-0.4, -0.2) is 35.6 Å². The molecule has 1 aliphatic rings. The molecule has 1 aliphatic heterocycles. The fraction of sp³-hybridized carbons (Fsp3) is 0.250. The van der Waals surface area contributed by atoms with Crippen molar-refractivity contribution in [2.24, 2.45) is 0 Å². The van der Waals surface area contributed by atoms with Crippen molar-refractivity contribution in [3.05, 3.63) is 75.8 Å². The van der Waals surface area contributed by atoms with Crippen LogP contribution in [0.1, 0.15) is 34.3 Å². The first-order valence-corrected chi connectivity index (χ1v) is 8.95. The number of benzene rings is 2. The molecule has 0 atom stereocenters. The molecule has 1 heterocycles. The molecule has 0 aromatic heterocycles. The molecule has 1 fully saturated rings. The maximum Gasteiger partial charge on any atom is 0.253 e. The molecule has 1 N–H and O–H groups in total. The Balaban J connectivity index is 1.85. The first-order chi connectivity index (χ1) is 11.7. The summed E-state index contributed by atoms with van der Waals surface area (Å²) in [5.74, 6) is 0.107. The third-order valence-electron chi connectivity index (χ3n) is 4.29. The molecule has 24 heavy (non-hydrogen) atoms. The van der Waals surface area contributed by atoms with Gasteiger partial charge >= 0.3 is 0 Å². The normalized spacial score (nSPS) is 14.9. The van der Waals surface area contributed by atoms with Crippen molar-refractivity contribution in [3.63, 3.8) is 0 Å². The zero-order chi connectivity index (χ0) is 16.9. The maximum atomic E-state index is 12.4. The number of hydrogen-bond acceptors (Lipinski definition) is 2. The molecule has 4 heteroatoms. The Morgan fingerprint density at radius 1 is 0.958 bits per heavy atom. The Labute approximate surface area is 150 Å². The van der Waals surface area contributed by atoms with Gasteiger partial charge in [-0.15, -0.1) is 0 Å². The van der Waals surface area contributed by atoms with Gasteiger partial charge in [-0.2, -0.15) is 0 Å². The number of carbonyl (C=O) groups is 1. The lowest BCUT2D eigenvalue weighted by atomic mass is 9.96. The van der Waals surface area contributed by atoms with Crippen molar-refractivity contribution < 1.29 is 9.90 Å². The molecular weight excluding hydrogens is 366 g/mol. The van der Waals surface area contributed by atoms with Crippen molar-refractivity contribution in [2.75, 3.05) is 19.7 Å². The smallest absolute Gasteiger partial charge is 0.253 e. The fourth-order valence-electron chi connectivity index (χ4n) is 3.02. The standard InChI is InChI=1S/C20H20BrNO2/c21-18-9-7-16(8-10-18)19(11-14-23)15-3-5-17(6-4-15)20(24)22-12-1-2-13-22/h3-11,23H,1-2,12-14H2/b19-11+. The van der Waals surface area contributed by atoms with E-state index in [-0.39, 0.29) is 12.5 Å². The van der Waals surface area contributed by atoms with Crippen LogP contribution in [0.5, 0.6) is 0 Å². The Morgan fingerprint density at radius 2 is 1.46 bits per heavy atom. The quantitative estimate of drug-likeness (QED) is 0.859. The summed E-state index contributed by atoms with van der Waals surface area (Å²) in [7, 11) is 0. The second-order valence-electron chi connectivity index (χ2n) is 5.88. The van der Waals surface area contributed by atoms with Gasteiger partial charge in [-0.3, -0.25) is 4.79 Å². The molecule has 0 bridgehead atoms. The van der Waals surface area contributed by atoms with Crippen molar-refractivity contribution in [3.8, 4) is 0 Å². The summed E-state index contributed by atoms with van der Waals surface area (Å²) in [6.45, 7) is 1.68. The number of hydrogen-bond donors (Lipinski definition) is 1. The SMILES string of the molecule is O=C(c1ccc(/C(=C\CO)c2ccc(Br)cc2)cc1)N1CCCC1. The highest BCUT2D eigenvalue weighted by atomic mass is 79.9. The lowest BCUT2D eigenvalue weighted by molar-refractivity contribution is 0.0793. The largest absolute Gasteiger partial charge is 0.392 e. The molecule has 124 valence electrons. The van der Waals surface area contributed by atoms with E-state index >= 15 is 0 Å². The molecule has 0 saturated carbocycles. The van der Waals surface area contributed by atoms with Crippen molar-refractivity contribution in [2.45, 2.75) is 12.8 Å². The molecule has 1 amide bonds. The lowest BCUT2D eigenvalue weighted by Crippen LogP contribution is -2.27. The van der Waals surface area contributed by atoms with Crippen LogP contribution in [0.4, 0.5) is 0 Å². The molecule has 2 aromatic rings. The van der Waals surface area contributed by atoms with Crippen LogP contribution in [0.2, 0.25) is 0 Å². The highest BCUT2D eigenvalue weighted by Gasteiger charge is 2.19. The number of nitrogens with zero attached hydrogens (tertiary/aromatic N) is 1. The van der Waals surface area contributed by atoms with E-state index in [4.69, 9.17) is 0 Å². The Bertz CT molecular complexity index is 729. The first kappa shape index (κ1) is 16.9. The molecular formula is C20H20BrNO2. The topological polar surface area (TPSA) is 40.5 Å². The average molecular weight is 386 g/mol. The third kappa shape index (κ3) is 3.77. The summed E-state index contributed by atoms with van der Waals surface area (Å²) in [4.78, 5) is 14.3. The van der Waals surface area contributed by atoms with Crippen LogP contribution >= 0.6 is 15.9 Å². The minimum atomic E-state index is -0.0279. The van der Waals surface area contributed by atoms with E-state index < -0.39 is 0 Å². The van der Waals surface area contributed by atoms with Gasteiger partial charge in [0, 0.05) is 23.1 Å². The van der Waals surface area contributed by atoms with Gasteiger partial charge in [-0.05, 0) is 53.8 Å². The van der Waals surface area contributed by atoms with Gasteiger partial charge in [0.1, 0.15) is 0 Å². The minimum absolute atomic E-state index is 0.0279. The minimum Gasteiger partial charge on any atom is -0.392 e. The summed E-state index contributed by atoms with van der Waals surface area (Å²) in [6.07, 6.45) is 3.98. The second kappa shape index (κ2) is 7.77. The highest BCUT2D eigenvalue weighted by Crippen LogP contribution is 2.25. The van der Waals surface area contributed by atoms with Crippen molar-refractivity contribution in [1.82, 2.24) is 4.90 Å². The second-order valence-corrected chi connectivity index (χ2v) is 6.80. The number of aliphatic hydroxyl groups excluding tert-OH is 1. The highest BCUT2D eigenvalue weighted by molar-refractivity contribution is 9.10. The summed E-state index contributed by atoms with van der Waals surface area (Å²) in [5.41, 5.74) is 3.71. The zero-order valence-corrected chi connectivity index (χ0v) is 15.0. The lowest BCUT2D eigenvalue weighted by Gasteiger charge is -2.16. The summed E-state index contributed by atoms with van der Waals surface area (Å²) in [6, 6.07) is 15.6. The molecule has 3 nitrogen and oxygen atoms in total. The monoisotopic (exact) mass is 385 g/mol. The van der Waals surface area contributed by atoms with Crippen molar-refractivity contribution in [1.29, 1.82) is 0 Å². The number of aliphatic hydroxyl groups is 1. The first-order valence-electron chi connectivity index (χ1n) is 8.16. The summed E-state index contributed by atoms with van der Waals surface area (Å²) >= 11 is 3.44. The van der Waals surface area contributed by atoms with Crippen LogP contribution in [0.3, 0.4) is 0 Å². The van der Waals surface area contributed by atoms with E-state index in [0.29, 0.717) is 0 Å². The maximum absolute atomic E-state index is 12.4. The van der Waals surface area contributed by atoms with Crippen LogP contribution in [-0.2, 0) is 0 Å². The van der Waals surface area contributed by atoms with E-state index in [1.54, 1.807) is 6.08 Å². The number of halogens is 1. The predicted molar refractivity (Wildman–Crippen MR) is 99.9 cm³/mol. The Morgan fingerprint density at radius 3 is 2.00 bits per heavy atom. The molecule has 0 aliphatic carbocycles. The van der Waals surface area contributed by atoms with E-state index in [1.807, 2.05) is 53.4 Å². The number of carbonyl (C=O) groups excluding carboxylic acids is 1. The number of rotatable bonds is 4. The van der Waals surface area contributed by atoms with Gasteiger partial charge in [0.15, 0.2) is 0 Å². The van der Waals surface area contributed by atoms with E-state index in [9.17, 15) is 9.90 Å². The van der Waals surface area contributed by atoms with Crippen LogP contribution in [0.15, 0.2) is 59.1 Å². The van der Waals surface area contributed by atoms with E-state index in [0.717, 1.165) is 52.7 Å². The third-order valence-corrected chi connectivity index (χ3v) is 4.82. The molecule has 2 aromatic carbocycles. The molecule has 1 saturated heterocycles. The molecule has 0 radical (unpaired) electrons. The number of likely N-dealkylation sites (tertiary alicyclic amines) is 1. The molecule has 0 unspecified atom stereocenters. The van der Waals surface area contributed by atoms with Gasteiger partial charge in [0.2, 0.25) is 0 Å². The Hall–Kier alpha value is -1.91. The van der Waals surface area contributed by atoms with Gasteiger partial charge in [0.05, 0.1) is 6.61 Å². The van der Waals surface area contributed by atoms with Crippen molar-refractivity contribution >= 4 is 27.4 Å².